The highest BCUT2D eigenvalue weighted by molar-refractivity contribution is 7.09. The summed E-state index contributed by atoms with van der Waals surface area (Å²) in [7, 11) is 0. The Morgan fingerprint density at radius 1 is 1.38 bits per heavy atom. The lowest BCUT2D eigenvalue weighted by atomic mass is 10.0. The van der Waals surface area contributed by atoms with Crippen molar-refractivity contribution in [2.75, 3.05) is 13.1 Å². The second-order valence-electron chi connectivity index (χ2n) is 5.20. The quantitative estimate of drug-likeness (QED) is 0.853. The van der Waals surface area contributed by atoms with Gasteiger partial charge in [0.05, 0.1) is 11.8 Å². The van der Waals surface area contributed by atoms with Crippen molar-refractivity contribution in [1.29, 1.82) is 0 Å². The molecule has 4 heteroatoms. The zero-order valence-corrected chi connectivity index (χ0v) is 10.0. The molecule has 1 aromatic heterocycles. The molecule has 0 radical (unpaired) electrons. The molecule has 0 spiro atoms. The third-order valence-electron chi connectivity index (χ3n) is 3.94. The number of hydrogen-bond acceptors (Lipinski definition) is 4. The molecule has 0 aromatic carbocycles. The van der Waals surface area contributed by atoms with Gasteiger partial charge in [-0.3, -0.25) is 0 Å². The van der Waals surface area contributed by atoms with Gasteiger partial charge in [0.1, 0.15) is 11.1 Å². The number of rotatable bonds is 2. The van der Waals surface area contributed by atoms with E-state index in [1.165, 1.54) is 23.5 Å². The highest BCUT2D eigenvalue weighted by Crippen LogP contribution is 2.44. The Balaban J connectivity index is 1.52. The van der Waals surface area contributed by atoms with E-state index in [1.54, 1.807) is 11.3 Å². The minimum atomic E-state index is 0.287. The highest BCUT2D eigenvalue weighted by Gasteiger charge is 2.40. The van der Waals surface area contributed by atoms with Gasteiger partial charge < -0.3 is 10.1 Å². The second-order valence-corrected chi connectivity index (χ2v) is 6.09. The van der Waals surface area contributed by atoms with Crippen LogP contribution in [-0.4, -0.2) is 24.2 Å². The van der Waals surface area contributed by atoms with E-state index < -0.39 is 0 Å². The highest BCUT2D eigenvalue weighted by atomic mass is 32.1. The van der Waals surface area contributed by atoms with E-state index in [-0.39, 0.29) is 6.10 Å². The predicted molar refractivity (Wildman–Crippen MR) is 62.7 cm³/mol. The second kappa shape index (κ2) is 3.52. The Kier molecular flexibility index (Phi) is 2.10. The van der Waals surface area contributed by atoms with Crippen molar-refractivity contribution in [1.82, 2.24) is 10.3 Å². The first kappa shape index (κ1) is 9.57. The van der Waals surface area contributed by atoms with E-state index in [0.717, 1.165) is 31.3 Å². The molecule has 4 rings (SSSR count). The fraction of sp³-hybridized carbons (Fsp3) is 0.750. The summed E-state index contributed by atoms with van der Waals surface area (Å²) in [6, 6.07) is 0. The van der Waals surface area contributed by atoms with Crippen molar-refractivity contribution in [3.05, 3.63) is 16.1 Å². The fourth-order valence-corrected chi connectivity index (χ4v) is 3.77. The van der Waals surface area contributed by atoms with Crippen LogP contribution in [0.3, 0.4) is 0 Å². The van der Waals surface area contributed by atoms with Crippen LogP contribution in [0.5, 0.6) is 0 Å². The Morgan fingerprint density at radius 3 is 3.12 bits per heavy atom. The average molecular weight is 236 g/mol. The van der Waals surface area contributed by atoms with Crippen LogP contribution >= 0.6 is 11.3 Å². The lowest BCUT2D eigenvalue weighted by Crippen LogP contribution is -2.16. The molecular weight excluding hydrogens is 220 g/mol. The van der Waals surface area contributed by atoms with Crippen LogP contribution in [0.1, 0.15) is 42.0 Å². The number of fused-ring (bicyclic) bond motifs is 1. The van der Waals surface area contributed by atoms with Gasteiger partial charge in [-0.1, -0.05) is 0 Å². The van der Waals surface area contributed by atoms with Gasteiger partial charge in [-0.05, 0) is 19.3 Å². The molecule has 0 amide bonds. The number of hydrogen-bond donors (Lipinski definition) is 1. The Hall–Kier alpha value is -0.450. The van der Waals surface area contributed by atoms with Gasteiger partial charge in [0.2, 0.25) is 0 Å². The monoisotopic (exact) mass is 236 g/mol. The van der Waals surface area contributed by atoms with Crippen molar-refractivity contribution in [2.45, 2.75) is 37.4 Å². The third-order valence-corrected chi connectivity index (χ3v) is 4.90. The number of ether oxygens (including phenoxy) is 1. The Morgan fingerprint density at radius 2 is 2.31 bits per heavy atom. The number of aromatic nitrogens is 1. The smallest absolute Gasteiger partial charge is 0.122 e. The first-order valence-corrected chi connectivity index (χ1v) is 7.09. The molecule has 3 heterocycles. The molecule has 0 unspecified atom stereocenters. The Bertz CT molecular complexity index is 389. The zero-order chi connectivity index (χ0) is 10.5. The van der Waals surface area contributed by atoms with E-state index in [4.69, 9.17) is 9.72 Å². The van der Waals surface area contributed by atoms with Crippen molar-refractivity contribution in [3.63, 3.8) is 0 Å². The lowest BCUT2D eigenvalue weighted by Gasteiger charge is -2.09. The largest absolute Gasteiger partial charge is 0.366 e. The maximum absolute atomic E-state index is 6.07. The van der Waals surface area contributed by atoms with Crippen molar-refractivity contribution in [2.24, 2.45) is 5.92 Å². The minimum Gasteiger partial charge on any atom is -0.366 e. The molecule has 2 aliphatic heterocycles. The van der Waals surface area contributed by atoms with Gasteiger partial charge >= 0.3 is 0 Å². The number of nitrogens with one attached hydrogen (secondary N) is 1. The van der Waals surface area contributed by atoms with E-state index in [1.807, 2.05) is 0 Å². The molecule has 2 saturated heterocycles. The van der Waals surface area contributed by atoms with Crippen molar-refractivity contribution in [3.8, 4) is 0 Å². The summed E-state index contributed by atoms with van der Waals surface area (Å²) in [6.07, 6.45) is 4.57. The van der Waals surface area contributed by atoms with E-state index in [9.17, 15) is 0 Å². The summed E-state index contributed by atoms with van der Waals surface area (Å²) < 4.78 is 6.07. The summed E-state index contributed by atoms with van der Waals surface area (Å²) in [6.45, 7) is 2.16. The molecule has 0 bridgehead atoms. The van der Waals surface area contributed by atoms with Crippen LogP contribution in [0, 0.1) is 5.92 Å². The number of nitrogens with zero attached hydrogens (tertiary/aromatic N) is 1. The molecule has 3 nitrogen and oxygen atoms in total. The predicted octanol–water partition coefficient (Wildman–Crippen LogP) is 2.07. The van der Waals surface area contributed by atoms with Gasteiger partial charge in [0.25, 0.3) is 0 Å². The maximum atomic E-state index is 6.07. The molecule has 1 aliphatic carbocycles. The molecule has 3 aliphatic rings. The normalized spacial score (nSPS) is 37.9. The summed E-state index contributed by atoms with van der Waals surface area (Å²) in [5.74, 6) is 1.49. The Labute approximate surface area is 99.2 Å². The average Bonchev–Trinajstić information content (AvgIpc) is 2.75. The van der Waals surface area contributed by atoms with Gasteiger partial charge in [0, 0.05) is 30.3 Å². The zero-order valence-electron chi connectivity index (χ0n) is 9.19. The molecule has 16 heavy (non-hydrogen) atoms. The summed E-state index contributed by atoms with van der Waals surface area (Å²) in [5.41, 5.74) is 1.32. The molecule has 3 atom stereocenters. The first-order valence-electron chi connectivity index (χ1n) is 6.21. The van der Waals surface area contributed by atoms with Crippen LogP contribution in [0.15, 0.2) is 5.38 Å². The third kappa shape index (κ3) is 1.51. The topological polar surface area (TPSA) is 34.1 Å². The lowest BCUT2D eigenvalue weighted by molar-refractivity contribution is 0.0473. The van der Waals surface area contributed by atoms with E-state index >= 15 is 0 Å². The maximum Gasteiger partial charge on any atom is 0.122 e. The molecule has 1 N–H and O–H groups in total. The molecule has 1 saturated carbocycles. The SMILES string of the molecule is c1sc([C@H]2C[C@H]3CNC[C@H]3O2)nc1C1CC1. The van der Waals surface area contributed by atoms with E-state index in [2.05, 4.69) is 10.7 Å². The van der Waals surface area contributed by atoms with Crippen LogP contribution in [0.4, 0.5) is 0 Å². The van der Waals surface area contributed by atoms with Gasteiger partial charge in [0.15, 0.2) is 0 Å². The van der Waals surface area contributed by atoms with Gasteiger partial charge in [-0.2, -0.15) is 0 Å². The van der Waals surface area contributed by atoms with E-state index in [0.29, 0.717) is 6.10 Å². The van der Waals surface area contributed by atoms with Crippen LogP contribution < -0.4 is 5.32 Å². The summed E-state index contributed by atoms with van der Waals surface area (Å²) in [4.78, 5) is 4.75. The molecule has 1 aromatic rings. The first-order chi connectivity index (χ1) is 7.90. The summed E-state index contributed by atoms with van der Waals surface area (Å²) >= 11 is 1.80. The molecule has 3 fully saturated rings. The minimum absolute atomic E-state index is 0.287. The van der Waals surface area contributed by atoms with Gasteiger partial charge in [-0.15, -0.1) is 11.3 Å². The molecule has 86 valence electrons. The standard InChI is InChI=1S/C12H16N2OS/c1-2-7(1)9-6-16-12(14-9)10-3-8-4-13-5-11(8)15-10/h6-8,10-11,13H,1-5H2/t8-,10+,11+/m0/s1. The van der Waals surface area contributed by atoms with Crippen molar-refractivity contribution >= 4 is 11.3 Å². The van der Waals surface area contributed by atoms with Crippen LogP contribution in [-0.2, 0) is 4.74 Å². The van der Waals surface area contributed by atoms with Crippen LogP contribution in [0.2, 0.25) is 0 Å². The molecular formula is C12H16N2OS. The van der Waals surface area contributed by atoms with Crippen molar-refractivity contribution < 1.29 is 4.74 Å². The number of thiazole rings is 1. The fourth-order valence-electron chi connectivity index (χ4n) is 2.82. The van der Waals surface area contributed by atoms with Gasteiger partial charge in [-0.25, -0.2) is 4.98 Å². The van der Waals surface area contributed by atoms with Crippen LogP contribution in [0.25, 0.3) is 0 Å². The summed E-state index contributed by atoms with van der Waals surface area (Å²) in [5, 5.41) is 6.85.